The number of hydrogen-bond donors (Lipinski definition) is 2. The molecule has 1 atom stereocenters. The smallest absolute Gasteiger partial charge is 0.239 e. The molecule has 1 heterocycles. The molecule has 1 unspecified atom stereocenters. The highest BCUT2D eigenvalue weighted by Crippen LogP contribution is 2.16. The summed E-state index contributed by atoms with van der Waals surface area (Å²) in [7, 11) is 0. The van der Waals surface area contributed by atoms with E-state index < -0.39 is 0 Å². The number of rotatable bonds is 3. The summed E-state index contributed by atoms with van der Waals surface area (Å²) in [5.74, 6) is 0.0546. The minimum Gasteiger partial charge on any atom is -0.378 e. The van der Waals surface area contributed by atoms with Gasteiger partial charge in [-0.2, -0.15) is 0 Å². The highest BCUT2D eigenvalue weighted by Gasteiger charge is 2.21. The molecule has 0 aromatic carbocycles. The fraction of sp³-hybridized carbons (Fsp3) is 0.909. The molecule has 0 aromatic rings. The van der Waals surface area contributed by atoms with Crippen LogP contribution in [0.15, 0.2) is 0 Å². The molecule has 4 nitrogen and oxygen atoms in total. The Morgan fingerprint density at radius 3 is 2.80 bits per heavy atom. The van der Waals surface area contributed by atoms with Crippen molar-refractivity contribution in [2.24, 2.45) is 5.41 Å². The quantitative estimate of drug-likeness (QED) is 0.720. The molecule has 0 aromatic heterocycles. The van der Waals surface area contributed by atoms with Crippen molar-refractivity contribution in [2.45, 2.75) is 33.2 Å². The molecule has 0 spiro atoms. The zero-order chi connectivity index (χ0) is 11.3. The molecule has 1 amide bonds. The Bertz CT molecular complexity index is 205. The van der Waals surface area contributed by atoms with Gasteiger partial charge >= 0.3 is 0 Å². The topological polar surface area (TPSA) is 50.4 Å². The third kappa shape index (κ3) is 5.14. The van der Waals surface area contributed by atoms with Gasteiger partial charge in [0.2, 0.25) is 5.91 Å². The number of nitrogens with one attached hydrogen (secondary N) is 2. The van der Waals surface area contributed by atoms with E-state index >= 15 is 0 Å². The second-order valence-corrected chi connectivity index (χ2v) is 5.18. The van der Waals surface area contributed by atoms with Gasteiger partial charge in [0.15, 0.2) is 0 Å². The highest BCUT2D eigenvalue weighted by molar-refractivity contribution is 5.81. The fourth-order valence-electron chi connectivity index (χ4n) is 1.42. The van der Waals surface area contributed by atoms with Crippen LogP contribution in [0.25, 0.3) is 0 Å². The first-order chi connectivity index (χ1) is 6.99. The molecule has 0 aliphatic carbocycles. The fourth-order valence-corrected chi connectivity index (χ4v) is 1.42. The van der Waals surface area contributed by atoms with Crippen molar-refractivity contribution in [1.82, 2.24) is 10.6 Å². The predicted molar refractivity (Wildman–Crippen MR) is 59.7 cm³/mol. The van der Waals surface area contributed by atoms with Gasteiger partial charge in [-0.05, 0) is 11.8 Å². The van der Waals surface area contributed by atoms with Gasteiger partial charge in [-0.25, -0.2) is 0 Å². The van der Waals surface area contributed by atoms with Crippen molar-refractivity contribution < 1.29 is 9.53 Å². The molecule has 15 heavy (non-hydrogen) atoms. The molecule has 0 radical (unpaired) electrons. The lowest BCUT2D eigenvalue weighted by molar-refractivity contribution is -0.125. The van der Waals surface area contributed by atoms with Crippen molar-refractivity contribution in [3.63, 3.8) is 0 Å². The van der Waals surface area contributed by atoms with Gasteiger partial charge in [0.05, 0.1) is 13.2 Å². The molecule has 1 rings (SSSR count). The van der Waals surface area contributed by atoms with Crippen LogP contribution in [0.3, 0.4) is 0 Å². The number of morpholine rings is 1. The molecule has 0 bridgehead atoms. The van der Waals surface area contributed by atoms with E-state index in [0.717, 1.165) is 19.5 Å². The molecular formula is C11H22N2O2. The first kappa shape index (κ1) is 12.5. The number of amides is 1. The standard InChI is InChI=1S/C11H22N2O2/c1-11(2,3)4-5-13-10(14)9-8-15-7-6-12-9/h9,12H,4-8H2,1-3H3,(H,13,14). The van der Waals surface area contributed by atoms with Gasteiger partial charge in [-0.1, -0.05) is 20.8 Å². The van der Waals surface area contributed by atoms with Gasteiger partial charge in [0, 0.05) is 13.1 Å². The van der Waals surface area contributed by atoms with Crippen LogP contribution < -0.4 is 10.6 Å². The van der Waals surface area contributed by atoms with Gasteiger partial charge in [0.25, 0.3) is 0 Å². The van der Waals surface area contributed by atoms with Gasteiger partial charge in [0.1, 0.15) is 6.04 Å². The van der Waals surface area contributed by atoms with Gasteiger partial charge < -0.3 is 15.4 Å². The summed E-state index contributed by atoms with van der Waals surface area (Å²) in [5, 5.41) is 6.06. The van der Waals surface area contributed by atoms with E-state index in [4.69, 9.17) is 4.74 Å². The summed E-state index contributed by atoms with van der Waals surface area (Å²) in [5.41, 5.74) is 0.268. The van der Waals surface area contributed by atoms with Crippen LogP contribution in [0.5, 0.6) is 0 Å². The van der Waals surface area contributed by atoms with Crippen LogP contribution >= 0.6 is 0 Å². The zero-order valence-corrected chi connectivity index (χ0v) is 9.93. The number of hydrogen-bond acceptors (Lipinski definition) is 3. The Morgan fingerprint density at radius 1 is 1.53 bits per heavy atom. The maximum atomic E-state index is 11.6. The third-order valence-electron chi connectivity index (χ3n) is 2.41. The van der Waals surface area contributed by atoms with E-state index in [0.29, 0.717) is 13.2 Å². The summed E-state index contributed by atoms with van der Waals surface area (Å²) in [6.07, 6.45) is 0.992. The minimum absolute atomic E-state index is 0.0546. The summed E-state index contributed by atoms with van der Waals surface area (Å²) in [6.45, 7) is 9.19. The van der Waals surface area contributed by atoms with Crippen molar-refractivity contribution in [3.05, 3.63) is 0 Å². The number of carbonyl (C=O) groups excluding carboxylic acids is 1. The van der Waals surface area contributed by atoms with Crippen LogP contribution in [-0.2, 0) is 9.53 Å². The first-order valence-corrected chi connectivity index (χ1v) is 5.58. The summed E-state index contributed by atoms with van der Waals surface area (Å²) in [6, 6.07) is -0.168. The van der Waals surface area contributed by atoms with Crippen LogP contribution in [0.2, 0.25) is 0 Å². The van der Waals surface area contributed by atoms with Crippen molar-refractivity contribution in [1.29, 1.82) is 0 Å². The Morgan fingerprint density at radius 2 is 2.27 bits per heavy atom. The summed E-state index contributed by atoms with van der Waals surface area (Å²) >= 11 is 0. The van der Waals surface area contributed by atoms with Crippen molar-refractivity contribution in [2.75, 3.05) is 26.3 Å². The Kier molecular flexibility index (Phi) is 4.54. The number of carbonyl (C=O) groups is 1. The van der Waals surface area contributed by atoms with E-state index in [1.54, 1.807) is 0 Å². The maximum Gasteiger partial charge on any atom is 0.239 e. The lowest BCUT2D eigenvalue weighted by Crippen LogP contribution is -2.51. The average molecular weight is 214 g/mol. The van der Waals surface area contributed by atoms with Gasteiger partial charge in [-0.3, -0.25) is 4.79 Å². The molecule has 88 valence electrons. The van der Waals surface area contributed by atoms with Crippen molar-refractivity contribution in [3.8, 4) is 0 Å². The van der Waals surface area contributed by atoms with E-state index in [1.165, 1.54) is 0 Å². The van der Waals surface area contributed by atoms with E-state index in [1.807, 2.05) is 0 Å². The summed E-state index contributed by atoms with van der Waals surface area (Å²) < 4.78 is 5.23. The summed E-state index contributed by atoms with van der Waals surface area (Å²) in [4.78, 5) is 11.6. The molecule has 1 aliphatic rings. The van der Waals surface area contributed by atoms with Crippen molar-refractivity contribution >= 4 is 5.91 Å². The largest absolute Gasteiger partial charge is 0.378 e. The Labute approximate surface area is 91.8 Å². The van der Waals surface area contributed by atoms with E-state index in [9.17, 15) is 4.79 Å². The monoisotopic (exact) mass is 214 g/mol. The highest BCUT2D eigenvalue weighted by atomic mass is 16.5. The average Bonchev–Trinajstić information content (AvgIpc) is 2.17. The van der Waals surface area contributed by atoms with Gasteiger partial charge in [-0.15, -0.1) is 0 Å². The maximum absolute atomic E-state index is 11.6. The first-order valence-electron chi connectivity index (χ1n) is 5.58. The third-order valence-corrected chi connectivity index (χ3v) is 2.41. The molecular weight excluding hydrogens is 192 g/mol. The SMILES string of the molecule is CC(C)(C)CCNC(=O)C1COCCN1. The lowest BCUT2D eigenvalue weighted by atomic mass is 9.92. The van der Waals surface area contributed by atoms with E-state index in [2.05, 4.69) is 31.4 Å². The molecule has 1 saturated heterocycles. The molecule has 2 N–H and O–H groups in total. The zero-order valence-electron chi connectivity index (χ0n) is 9.93. The Hall–Kier alpha value is -0.610. The Balaban J connectivity index is 2.17. The second kappa shape index (κ2) is 5.47. The van der Waals surface area contributed by atoms with Crippen LogP contribution in [-0.4, -0.2) is 38.3 Å². The number of ether oxygens (including phenoxy) is 1. The minimum atomic E-state index is -0.168. The lowest BCUT2D eigenvalue weighted by Gasteiger charge is -2.24. The molecule has 1 aliphatic heterocycles. The van der Waals surface area contributed by atoms with E-state index in [-0.39, 0.29) is 17.4 Å². The predicted octanol–water partition coefficient (Wildman–Crippen LogP) is 0.527. The van der Waals surface area contributed by atoms with Crippen LogP contribution in [0, 0.1) is 5.41 Å². The normalized spacial score (nSPS) is 22.5. The molecule has 1 fully saturated rings. The second-order valence-electron chi connectivity index (χ2n) is 5.18. The molecule has 0 saturated carbocycles. The van der Waals surface area contributed by atoms with Crippen LogP contribution in [0.1, 0.15) is 27.2 Å². The van der Waals surface area contributed by atoms with Crippen LogP contribution in [0.4, 0.5) is 0 Å². The molecule has 4 heteroatoms.